The molecule has 0 bridgehead atoms. The Bertz CT molecular complexity index is 586. The smallest absolute Gasteiger partial charge is 0.0426 e. The predicted octanol–water partition coefficient (Wildman–Crippen LogP) is 4.24. The van der Waals surface area contributed by atoms with Crippen molar-refractivity contribution in [2.45, 2.75) is 13.0 Å². The summed E-state index contributed by atoms with van der Waals surface area (Å²) in [5, 5.41) is 0.771. The van der Waals surface area contributed by atoms with Gasteiger partial charge in [-0.1, -0.05) is 45.7 Å². The van der Waals surface area contributed by atoms with Crippen LogP contribution >= 0.6 is 27.5 Å². The Morgan fingerprint density at radius 1 is 1.20 bits per heavy atom. The van der Waals surface area contributed by atoms with E-state index in [0.29, 0.717) is 6.54 Å². The summed E-state index contributed by atoms with van der Waals surface area (Å²) in [5.41, 5.74) is 9.35. The molecule has 0 aliphatic carbocycles. The van der Waals surface area contributed by atoms with E-state index in [9.17, 15) is 0 Å². The van der Waals surface area contributed by atoms with Gasteiger partial charge in [-0.3, -0.25) is 0 Å². The monoisotopic (exact) mass is 352 g/mol. The lowest BCUT2D eigenvalue weighted by Gasteiger charge is -2.23. The Balaban J connectivity index is 2.23. The van der Waals surface area contributed by atoms with Crippen LogP contribution in [0, 0.1) is 0 Å². The molecule has 2 aromatic carbocycles. The molecule has 0 unspecified atom stereocenters. The maximum atomic E-state index is 6.04. The first-order valence-electron chi connectivity index (χ1n) is 6.54. The van der Waals surface area contributed by atoms with E-state index < -0.39 is 0 Å². The summed E-state index contributed by atoms with van der Waals surface area (Å²) in [6.45, 7) is 1.47. The van der Waals surface area contributed by atoms with Crippen molar-refractivity contribution in [2.75, 3.05) is 18.5 Å². The minimum absolute atomic E-state index is 0.652. The van der Waals surface area contributed by atoms with Crippen molar-refractivity contribution >= 4 is 33.2 Å². The second-order valence-corrected chi connectivity index (χ2v) is 6.15. The molecule has 0 spiro atoms. The van der Waals surface area contributed by atoms with Gasteiger partial charge in [0.1, 0.15) is 0 Å². The van der Waals surface area contributed by atoms with Crippen LogP contribution in [0.15, 0.2) is 46.9 Å². The highest BCUT2D eigenvalue weighted by Gasteiger charge is 2.09. The fourth-order valence-electron chi connectivity index (χ4n) is 2.25. The molecule has 0 amide bonds. The van der Waals surface area contributed by atoms with Gasteiger partial charge in [0, 0.05) is 28.8 Å². The van der Waals surface area contributed by atoms with Crippen LogP contribution in [-0.4, -0.2) is 13.6 Å². The van der Waals surface area contributed by atoms with Crippen LogP contribution < -0.4 is 10.6 Å². The number of nitrogens with zero attached hydrogens (tertiary/aromatic N) is 1. The van der Waals surface area contributed by atoms with Crippen LogP contribution in [-0.2, 0) is 13.0 Å². The molecular weight excluding hydrogens is 336 g/mol. The molecule has 2 N–H and O–H groups in total. The number of benzene rings is 2. The SMILES string of the molecule is CN(Cc1cccc(Cl)c1)c1cc(Br)ccc1CCN. The summed E-state index contributed by atoms with van der Waals surface area (Å²) in [4.78, 5) is 2.22. The lowest BCUT2D eigenvalue weighted by Crippen LogP contribution is -2.19. The normalized spacial score (nSPS) is 10.6. The summed E-state index contributed by atoms with van der Waals surface area (Å²) >= 11 is 9.57. The van der Waals surface area contributed by atoms with Gasteiger partial charge in [0.05, 0.1) is 0 Å². The van der Waals surface area contributed by atoms with Crippen LogP contribution in [0.5, 0.6) is 0 Å². The van der Waals surface area contributed by atoms with Gasteiger partial charge in [-0.15, -0.1) is 0 Å². The average molecular weight is 354 g/mol. The predicted molar refractivity (Wildman–Crippen MR) is 90.5 cm³/mol. The summed E-state index contributed by atoms with van der Waals surface area (Å²) in [5.74, 6) is 0. The third-order valence-electron chi connectivity index (χ3n) is 3.18. The lowest BCUT2D eigenvalue weighted by atomic mass is 10.1. The summed E-state index contributed by atoms with van der Waals surface area (Å²) in [6.07, 6.45) is 0.877. The molecule has 2 aromatic rings. The van der Waals surface area contributed by atoms with Crippen LogP contribution in [0.2, 0.25) is 5.02 Å². The second-order valence-electron chi connectivity index (χ2n) is 4.80. The third kappa shape index (κ3) is 3.98. The molecule has 0 aromatic heterocycles. The van der Waals surface area contributed by atoms with Gasteiger partial charge in [0.25, 0.3) is 0 Å². The number of hydrogen-bond acceptors (Lipinski definition) is 2. The van der Waals surface area contributed by atoms with Crippen molar-refractivity contribution in [1.29, 1.82) is 0 Å². The first kappa shape index (κ1) is 15.4. The third-order valence-corrected chi connectivity index (χ3v) is 3.91. The molecule has 2 nitrogen and oxygen atoms in total. The standard InChI is InChI=1S/C16H18BrClN2/c1-20(11-12-3-2-4-15(18)9-12)16-10-14(17)6-5-13(16)7-8-19/h2-6,9-10H,7-8,11,19H2,1H3. The van der Waals surface area contributed by atoms with Crippen molar-refractivity contribution in [3.63, 3.8) is 0 Å². The topological polar surface area (TPSA) is 29.3 Å². The second kappa shape index (κ2) is 7.11. The molecule has 0 saturated heterocycles. The maximum absolute atomic E-state index is 6.04. The zero-order valence-corrected chi connectivity index (χ0v) is 13.8. The first-order chi connectivity index (χ1) is 9.60. The van der Waals surface area contributed by atoms with E-state index in [0.717, 1.165) is 22.5 Å². The molecule has 2 rings (SSSR count). The Morgan fingerprint density at radius 3 is 2.70 bits per heavy atom. The Kier molecular flexibility index (Phi) is 5.46. The van der Waals surface area contributed by atoms with E-state index in [1.807, 2.05) is 18.2 Å². The summed E-state index contributed by atoms with van der Waals surface area (Å²) < 4.78 is 1.08. The zero-order chi connectivity index (χ0) is 14.5. The molecule has 4 heteroatoms. The van der Waals surface area contributed by atoms with Crippen molar-refractivity contribution < 1.29 is 0 Å². The fourth-order valence-corrected chi connectivity index (χ4v) is 2.82. The maximum Gasteiger partial charge on any atom is 0.0426 e. The van der Waals surface area contributed by atoms with E-state index in [2.05, 4.69) is 52.1 Å². The first-order valence-corrected chi connectivity index (χ1v) is 7.71. The average Bonchev–Trinajstić information content (AvgIpc) is 2.41. The van der Waals surface area contributed by atoms with E-state index in [-0.39, 0.29) is 0 Å². The van der Waals surface area contributed by atoms with Crippen molar-refractivity contribution in [2.24, 2.45) is 5.73 Å². The van der Waals surface area contributed by atoms with Gasteiger partial charge in [-0.2, -0.15) is 0 Å². The van der Waals surface area contributed by atoms with Crippen molar-refractivity contribution in [3.8, 4) is 0 Å². The van der Waals surface area contributed by atoms with Gasteiger partial charge in [-0.05, 0) is 48.4 Å². The molecule has 20 heavy (non-hydrogen) atoms. The van der Waals surface area contributed by atoms with E-state index in [1.54, 1.807) is 0 Å². The van der Waals surface area contributed by atoms with Crippen LogP contribution in [0.25, 0.3) is 0 Å². The highest BCUT2D eigenvalue weighted by Crippen LogP contribution is 2.26. The molecule has 0 saturated carbocycles. The summed E-state index contributed by atoms with van der Waals surface area (Å²) in [6, 6.07) is 14.3. The molecular formula is C16H18BrClN2. The Hall–Kier alpha value is -1.03. The van der Waals surface area contributed by atoms with Crippen LogP contribution in [0.1, 0.15) is 11.1 Å². The van der Waals surface area contributed by atoms with Gasteiger partial charge < -0.3 is 10.6 Å². The number of rotatable bonds is 5. The fraction of sp³-hybridized carbons (Fsp3) is 0.250. The quantitative estimate of drug-likeness (QED) is 0.871. The molecule has 0 heterocycles. The minimum Gasteiger partial charge on any atom is -0.370 e. The van der Waals surface area contributed by atoms with Crippen molar-refractivity contribution in [3.05, 3.63) is 63.1 Å². The van der Waals surface area contributed by atoms with E-state index in [4.69, 9.17) is 17.3 Å². The highest BCUT2D eigenvalue weighted by atomic mass is 79.9. The Morgan fingerprint density at radius 2 is 2.00 bits per heavy atom. The number of nitrogens with two attached hydrogens (primary N) is 1. The minimum atomic E-state index is 0.652. The number of anilines is 1. The molecule has 0 atom stereocenters. The van der Waals surface area contributed by atoms with Gasteiger partial charge >= 0.3 is 0 Å². The number of halogens is 2. The van der Waals surface area contributed by atoms with Crippen LogP contribution in [0.4, 0.5) is 5.69 Å². The lowest BCUT2D eigenvalue weighted by molar-refractivity contribution is 0.892. The molecule has 0 aliphatic heterocycles. The highest BCUT2D eigenvalue weighted by molar-refractivity contribution is 9.10. The Labute approximate surface area is 133 Å². The molecule has 0 radical (unpaired) electrons. The van der Waals surface area contributed by atoms with Gasteiger partial charge in [-0.25, -0.2) is 0 Å². The van der Waals surface area contributed by atoms with E-state index in [1.165, 1.54) is 16.8 Å². The molecule has 0 aliphatic rings. The number of hydrogen-bond donors (Lipinski definition) is 1. The zero-order valence-electron chi connectivity index (χ0n) is 11.4. The summed E-state index contributed by atoms with van der Waals surface area (Å²) in [7, 11) is 2.09. The molecule has 0 fully saturated rings. The van der Waals surface area contributed by atoms with E-state index >= 15 is 0 Å². The van der Waals surface area contributed by atoms with Gasteiger partial charge in [0.15, 0.2) is 0 Å². The van der Waals surface area contributed by atoms with Crippen LogP contribution in [0.3, 0.4) is 0 Å². The van der Waals surface area contributed by atoms with Gasteiger partial charge in [0.2, 0.25) is 0 Å². The molecule has 106 valence electrons. The largest absolute Gasteiger partial charge is 0.370 e. The van der Waals surface area contributed by atoms with Crippen molar-refractivity contribution in [1.82, 2.24) is 0 Å².